The number of aromatic nitrogens is 4. The van der Waals surface area contributed by atoms with Gasteiger partial charge in [0, 0.05) is 18.9 Å². The number of amides is 1. The van der Waals surface area contributed by atoms with Gasteiger partial charge in [0.1, 0.15) is 5.82 Å². The van der Waals surface area contributed by atoms with E-state index in [1.165, 1.54) is 6.07 Å². The predicted molar refractivity (Wildman–Crippen MR) is 117 cm³/mol. The van der Waals surface area contributed by atoms with E-state index >= 15 is 0 Å². The van der Waals surface area contributed by atoms with Gasteiger partial charge in [-0.25, -0.2) is 9.67 Å². The van der Waals surface area contributed by atoms with Crippen LogP contribution in [0.25, 0.3) is 16.7 Å². The molecule has 4 aromatic rings. The van der Waals surface area contributed by atoms with Gasteiger partial charge in [-0.2, -0.15) is 18.3 Å². The molecule has 0 saturated carbocycles. The van der Waals surface area contributed by atoms with E-state index in [-0.39, 0.29) is 11.4 Å². The molecule has 0 aliphatic carbocycles. The van der Waals surface area contributed by atoms with E-state index in [0.29, 0.717) is 35.6 Å². The number of nitrogens with one attached hydrogen (secondary N) is 1. The number of carbonyl (C=O) groups excluding carboxylic acids is 1. The summed E-state index contributed by atoms with van der Waals surface area (Å²) in [5, 5.41) is 4.27. The number of H-pyrrole nitrogens is 1. The van der Waals surface area contributed by atoms with Gasteiger partial charge in [-0.3, -0.25) is 4.79 Å². The number of nitrogens with zero attached hydrogens (tertiary/aromatic N) is 4. The molecule has 170 valence electrons. The zero-order valence-electron chi connectivity index (χ0n) is 18.1. The first-order valence-electron chi connectivity index (χ1n) is 10.7. The Hall–Kier alpha value is -3.62. The quantitative estimate of drug-likeness (QED) is 0.462. The molecule has 0 bridgehead atoms. The van der Waals surface area contributed by atoms with E-state index in [9.17, 15) is 18.0 Å². The van der Waals surface area contributed by atoms with Crippen LogP contribution in [-0.4, -0.2) is 37.1 Å². The van der Waals surface area contributed by atoms with Crippen molar-refractivity contribution in [2.24, 2.45) is 0 Å². The Bertz CT molecular complexity index is 1340. The Balaban J connectivity index is 1.56. The summed E-state index contributed by atoms with van der Waals surface area (Å²) in [6.07, 6.45) is 0.393. The topological polar surface area (TPSA) is 66.8 Å². The first kappa shape index (κ1) is 21.2. The maximum Gasteiger partial charge on any atom is 0.416 e. The highest BCUT2D eigenvalue weighted by Gasteiger charge is 2.44. The van der Waals surface area contributed by atoms with Crippen LogP contribution in [-0.2, 0) is 11.7 Å². The first-order valence-corrected chi connectivity index (χ1v) is 10.7. The van der Waals surface area contributed by atoms with Crippen LogP contribution in [0.1, 0.15) is 47.1 Å². The largest absolute Gasteiger partial charge is 0.416 e. The highest BCUT2D eigenvalue weighted by molar-refractivity contribution is 5.98. The highest BCUT2D eigenvalue weighted by atomic mass is 19.4. The molecule has 2 aromatic heterocycles. The van der Waals surface area contributed by atoms with Crippen molar-refractivity contribution >= 4 is 16.9 Å². The number of aromatic amines is 1. The standard InChI is InChI=1S/C24H22F3N5O/c1-15-5-8-20(32-12-4-10-28-32)17(13-15)21(33)31-11-3-9-23(31,2)22-29-18-7-6-16(24(25,26)27)14-19(18)30-22/h4-8,10,12-14H,3,9,11H2,1-2H3,(H,29,30). The van der Waals surface area contributed by atoms with Gasteiger partial charge in [0.25, 0.3) is 5.91 Å². The number of aryl methyl sites for hydroxylation is 1. The van der Waals surface area contributed by atoms with Gasteiger partial charge < -0.3 is 9.88 Å². The van der Waals surface area contributed by atoms with E-state index < -0.39 is 17.3 Å². The van der Waals surface area contributed by atoms with Crippen LogP contribution in [0, 0.1) is 6.92 Å². The van der Waals surface area contributed by atoms with Crippen LogP contribution in [0.2, 0.25) is 0 Å². The lowest BCUT2D eigenvalue weighted by Crippen LogP contribution is -2.44. The van der Waals surface area contributed by atoms with E-state index in [0.717, 1.165) is 24.1 Å². The van der Waals surface area contributed by atoms with Gasteiger partial charge in [0.2, 0.25) is 0 Å². The lowest BCUT2D eigenvalue weighted by molar-refractivity contribution is -0.137. The van der Waals surface area contributed by atoms with Crippen LogP contribution >= 0.6 is 0 Å². The number of imidazole rings is 1. The molecule has 9 heteroatoms. The molecule has 0 spiro atoms. The molecular formula is C24H22F3N5O. The molecular weight excluding hydrogens is 431 g/mol. The summed E-state index contributed by atoms with van der Waals surface area (Å²) in [5.41, 5.74) is 1.34. The summed E-state index contributed by atoms with van der Waals surface area (Å²) in [4.78, 5) is 23.2. The molecule has 6 nitrogen and oxygen atoms in total. The van der Waals surface area contributed by atoms with Crippen molar-refractivity contribution in [1.82, 2.24) is 24.6 Å². The summed E-state index contributed by atoms with van der Waals surface area (Å²) < 4.78 is 41.1. The molecule has 33 heavy (non-hydrogen) atoms. The number of benzene rings is 2. The van der Waals surface area contributed by atoms with Crippen molar-refractivity contribution in [2.75, 3.05) is 6.54 Å². The molecule has 1 atom stereocenters. The molecule has 5 rings (SSSR count). The lowest BCUT2D eigenvalue weighted by atomic mass is 9.96. The Morgan fingerprint density at radius 3 is 2.73 bits per heavy atom. The Morgan fingerprint density at radius 2 is 2.00 bits per heavy atom. The second kappa shape index (κ2) is 7.47. The molecule has 2 aromatic carbocycles. The van der Waals surface area contributed by atoms with Gasteiger partial charge in [-0.05, 0) is 63.1 Å². The number of halogens is 3. The van der Waals surface area contributed by atoms with E-state index in [1.807, 2.05) is 32.0 Å². The summed E-state index contributed by atoms with van der Waals surface area (Å²) in [6, 6.07) is 10.9. The molecule has 1 fully saturated rings. The maximum atomic E-state index is 13.8. The molecule has 1 amide bonds. The van der Waals surface area contributed by atoms with Crippen molar-refractivity contribution in [3.05, 3.63) is 77.4 Å². The number of fused-ring (bicyclic) bond motifs is 1. The number of rotatable bonds is 3. The summed E-state index contributed by atoms with van der Waals surface area (Å²) in [7, 11) is 0. The van der Waals surface area contributed by atoms with Gasteiger partial charge in [-0.15, -0.1) is 0 Å². The second-order valence-electron chi connectivity index (χ2n) is 8.62. The molecule has 1 aliphatic heterocycles. The van der Waals surface area contributed by atoms with Crippen LogP contribution < -0.4 is 0 Å². The summed E-state index contributed by atoms with van der Waals surface area (Å²) >= 11 is 0. The van der Waals surface area contributed by atoms with Crippen molar-refractivity contribution in [3.63, 3.8) is 0 Å². The number of carbonyl (C=O) groups is 1. The van der Waals surface area contributed by atoms with Gasteiger partial charge in [0.05, 0.1) is 33.4 Å². The number of hydrogen-bond acceptors (Lipinski definition) is 3. The first-order chi connectivity index (χ1) is 15.7. The van der Waals surface area contributed by atoms with E-state index in [2.05, 4.69) is 15.1 Å². The molecule has 0 radical (unpaired) electrons. The third kappa shape index (κ3) is 3.57. The zero-order chi connectivity index (χ0) is 23.4. The number of hydrogen-bond donors (Lipinski definition) is 1. The Kier molecular flexibility index (Phi) is 4.81. The van der Waals surface area contributed by atoms with Crippen LogP contribution in [0.15, 0.2) is 54.9 Å². The fourth-order valence-corrected chi connectivity index (χ4v) is 4.55. The minimum Gasteiger partial charge on any atom is -0.340 e. The van der Waals surface area contributed by atoms with Crippen molar-refractivity contribution < 1.29 is 18.0 Å². The smallest absolute Gasteiger partial charge is 0.340 e. The maximum absolute atomic E-state index is 13.8. The van der Waals surface area contributed by atoms with Crippen molar-refractivity contribution in [2.45, 2.75) is 38.4 Å². The zero-order valence-corrected chi connectivity index (χ0v) is 18.1. The number of likely N-dealkylation sites (tertiary alicyclic amines) is 1. The molecule has 1 saturated heterocycles. The van der Waals surface area contributed by atoms with Gasteiger partial charge >= 0.3 is 6.18 Å². The minimum absolute atomic E-state index is 0.166. The van der Waals surface area contributed by atoms with Crippen LogP contribution in [0.4, 0.5) is 13.2 Å². The second-order valence-corrected chi connectivity index (χ2v) is 8.62. The van der Waals surface area contributed by atoms with E-state index in [1.54, 1.807) is 28.0 Å². The molecule has 3 heterocycles. The summed E-state index contributed by atoms with van der Waals surface area (Å²) in [6.45, 7) is 4.35. The molecule has 1 N–H and O–H groups in total. The fourth-order valence-electron chi connectivity index (χ4n) is 4.55. The normalized spacial score (nSPS) is 18.9. The fraction of sp³-hybridized carbons (Fsp3) is 0.292. The van der Waals surface area contributed by atoms with Crippen LogP contribution in [0.5, 0.6) is 0 Å². The van der Waals surface area contributed by atoms with Crippen molar-refractivity contribution in [1.29, 1.82) is 0 Å². The molecule has 1 aliphatic rings. The highest BCUT2D eigenvalue weighted by Crippen LogP contribution is 2.40. The van der Waals surface area contributed by atoms with Crippen LogP contribution in [0.3, 0.4) is 0 Å². The van der Waals surface area contributed by atoms with Gasteiger partial charge in [0.15, 0.2) is 0 Å². The number of alkyl halides is 3. The minimum atomic E-state index is -4.44. The van der Waals surface area contributed by atoms with E-state index in [4.69, 9.17) is 0 Å². The SMILES string of the molecule is Cc1ccc(-n2cccn2)c(C(=O)N2CCCC2(C)c2nc3cc(C(F)(F)F)ccc3[nH]2)c1. The monoisotopic (exact) mass is 453 g/mol. The third-order valence-corrected chi connectivity index (χ3v) is 6.34. The predicted octanol–water partition coefficient (Wildman–Crippen LogP) is 5.23. The van der Waals surface area contributed by atoms with Gasteiger partial charge in [-0.1, -0.05) is 11.6 Å². The Labute approximate surface area is 188 Å². The van der Waals surface area contributed by atoms with Crippen molar-refractivity contribution in [3.8, 4) is 5.69 Å². The Morgan fingerprint density at radius 1 is 1.18 bits per heavy atom. The molecule has 1 unspecified atom stereocenters. The lowest BCUT2D eigenvalue weighted by Gasteiger charge is -2.34. The average molecular weight is 453 g/mol. The summed E-state index contributed by atoms with van der Waals surface area (Å²) in [5.74, 6) is 0.316. The average Bonchev–Trinajstić information content (AvgIpc) is 3.52. The third-order valence-electron chi connectivity index (χ3n) is 6.34.